The minimum absolute atomic E-state index is 0.0612. The van der Waals surface area contributed by atoms with E-state index < -0.39 is 5.54 Å². The first-order valence-electron chi connectivity index (χ1n) is 7.33. The maximum Gasteiger partial charge on any atom is 0.254 e. The molecule has 1 aromatic rings. The van der Waals surface area contributed by atoms with E-state index in [4.69, 9.17) is 0 Å². The Hall–Kier alpha value is -2.24. The molecule has 118 valence electrons. The highest BCUT2D eigenvalue weighted by Crippen LogP contribution is 2.32. The van der Waals surface area contributed by atoms with Gasteiger partial charge in [-0.3, -0.25) is 19.4 Å². The Bertz CT molecular complexity index is 588. The molecular weight excluding hydrogens is 282 g/mol. The summed E-state index contributed by atoms with van der Waals surface area (Å²) in [6, 6.07) is 3.29. The number of amides is 2. The summed E-state index contributed by atoms with van der Waals surface area (Å²) in [5.41, 5.74) is -0.380. The van der Waals surface area contributed by atoms with Gasteiger partial charge in [-0.25, -0.2) is 0 Å². The van der Waals surface area contributed by atoms with Gasteiger partial charge in [0.25, 0.3) is 5.91 Å². The molecule has 1 aromatic heterocycles. The third-order valence-corrected chi connectivity index (χ3v) is 4.08. The second-order valence-electron chi connectivity index (χ2n) is 5.93. The molecule has 1 fully saturated rings. The van der Waals surface area contributed by atoms with Crippen LogP contribution >= 0.6 is 0 Å². The van der Waals surface area contributed by atoms with Crippen molar-refractivity contribution >= 4 is 17.6 Å². The van der Waals surface area contributed by atoms with E-state index >= 15 is 0 Å². The highest BCUT2D eigenvalue weighted by Gasteiger charge is 2.47. The van der Waals surface area contributed by atoms with Crippen LogP contribution in [-0.4, -0.2) is 58.1 Å². The minimum atomic E-state index is -0.898. The second-order valence-corrected chi connectivity index (χ2v) is 5.93. The van der Waals surface area contributed by atoms with E-state index in [0.717, 1.165) is 6.42 Å². The predicted molar refractivity (Wildman–Crippen MR) is 81.2 cm³/mol. The fourth-order valence-corrected chi connectivity index (χ4v) is 2.98. The molecule has 0 N–H and O–H groups in total. The summed E-state index contributed by atoms with van der Waals surface area (Å²) in [6.45, 7) is 3.82. The third-order valence-electron chi connectivity index (χ3n) is 4.08. The van der Waals surface area contributed by atoms with Crippen molar-refractivity contribution in [2.45, 2.75) is 32.2 Å². The van der Waals surface area contributed by atoms with Gasteiger partial charge in [-0.1, -0.05) is 0 Å². The van der Waals surface area contributed by atoms with Crippen LogP contribution in [0.3, 0.4) is 0 Å². The molecule has 0 bridgehead atoms. The van der Waals surface area contributed by atoms with E-state index in [-0.39, 0.29) is 24.1 Å². The number of hydrogen-bond donors (Lipinski definition) is 0. The van der Waals surface area contributed by atoms with Gasteiger partial charge < -0.3 is 9.80 Å². The molecule has 2 rings (SSSR count). The number of rotatable bonds is 4. The summed E-state index contributed by atoms with van der Waals surface area (Å²) >= 11 is 0. The van der Waals surface area contributed by atoms with Crippen molar-refractivity contribution in [2.24, 2.45) is 0 Å². The molecule has 22 heavy (non-hydrogen) atoms. The number of aromatic nitrogens is 1. The van der Waals surface area contributed by atoms with Gasteiger partial charge in [-0.2, -0.15) is 0 Å². The summed E-state index contributed by atoms with van der Waals surface area (Å²) in [5.74, 6) is -0.445. The number of carbonyl (C=O) groups is 3. The summed E-state index contributed by atoms with van der Waals surface area (Å²) in [4.78, 5) is 43.5. The summed E-state index contributed by atoms with van der Waals surface area (Å²) in [6.07, 6.45) is 4.49. The monoisotopic (exact) mass is 303 g/mol. The zero-order chi connectivity index (χ0) is 16.3. The van der Waals surface area contributed by atoms with Crippen LogP contribution in [0.25, 0.3) is 0 Å². The molecule has 6 nitrogen and oxygen atoms in total. The van der Waals surface area contributed by atoms with Crippen molar-refractivity contribution in [3.05, 3.63) is 30.1 Å². The first kappa shape index (κ1) is 16.1. The number of Topliss-reactive ketones (excluding diaryl/α,β-unsaturated/α-hetero) is 1. The number of hydrogen-bond acceptors (Lipinski definition) is 4. The van der Waals surface area contributed by atoms with Crippen LogP contribution in [0.15, 0.2) is 24.5 Å². The average Bonchev–Trinajstić information content (AvgIpc) is 2.89. The lowest BCUT2D eigenvalue weighted by Crippen LogP contribution is -2.56. The molecule has 0 aliphatic carbocycles. The van der Waals surface area contributed by atoms with Gasteiger partial charge in [0.2, 0.25) is 5.91 Å². The molecule has 2 heterocycles. The number of pyridine rings is 1. The smallest absolute Gasteiger partial charge is 0.254 e. The lowest BCUT2D eigenvalue weighted by atomic mass is 9.96. The Balaban J connectivity index is 2.23. The second kappa shape index (κ2) is 6.25. The molecule has 0 spiro atoms. The highest BCUT2D eigenvalue weighted by atomic mass is 16.2. The summed E-state index contributed by atoms with van der Waals surface area (Å²) < 4.78 is 0. The van der Waals surface area contributed by atoms with Crippen molar-refractivity contribution in [1.29, 1.82) is 0 Å². The number of ketones is 1. The van der Waals surface area contributed by atoms with Crippen LogP contribution in [0.1, 0.15) is 37.0 Å². The largest absolute Gasteiger partial charge is 0.336 e. The van der Waals surface area contributed by atoms with Crippen LogP contribution in [-0.2, 0) is 9.59 Å². The van der Waals surface area contributed by atoms with Gasteiger partial charge in [-0.15, -0.1) is 0 Å². The van der Waals surface area contributed by atoms with Crippen LogP contribution in [0.4, 0.5) is 0 Å². The lowest BCUT2D eigenvalue weighted by molar-refractivity contribution is -0.141. The van der Waals surface area contributed by atoms with Gasteiger partial charge in [0, 0.05) is 31.5 Å². The van der Waals surface area contributed by atoms with Gasteiger partial charge in [0.1, 0.15) is 11.3 Å². The van der Waals surface area contributed by atoms with E-state index in [0.29, 0.717) is 18.5 Å². The van der Waals surface area contributed by atoms with Gasteiger partial charge >= 0.3 is 0 Å². The summed E-state index contributed by atoms with van der Waals surface area (Å²) in [5, 5.41) is 0. The molecule has 6 heteroatoms. The van der Waals surface area contributed by atoms with Crippen molar-refractivity contribution in [3.63, 3.8) is 0 Å². The van der Waals surface area contributed by atoms with E-state index in [2.05, 4.69) is 4.98 Å². The Morgan fingerprint density at radius 3 is 2.55 bits per heavy atom. The van der Waals surface area contributed by atoms with Crippen LogP contribution < -0.4 is 0 Å². The van der Waals surface area contributed by atoms with E-state index in [9.17, 15) is 14.4 Å². The Kier molecular flexibility index (Phi) is 4.59. The number of likely N-dealkylation sites (N-methyl/N-ethyl adjacent to an activating group) is 1. The maximum atomic E-state index is 12.7. The fraction of sp³-hybridized carbons (Fsp3) is 0.500. The van der Waals surface area contributed by atoms with Crippen molar-refractivity contribution < 1.29 is 14.4 Å². The minimum Gasteiger partial charge on any atom is -0.336 e. The standard InChI is InChI=1S/C16H21N3O3/c1-12(20)11-18(3)15(22)16(2)7-4-10-19(16)14(21)13-5-8-17-9-6-13/h5-6,8-9H,4,7,10-11H2,1-3H3. The topological polar surface area (TPSA) is 70.6 Å². The normalized spacial score (nSPS) is 20.8. The molecule has 0 saturated carbocycles. The Labute approximate surface area is 130 Å². The molecule has 0 aromatic carbocycles. The lowest BCUT2D eigenvalue weighted by Gasteiger charge is -2.36. The first-order valence-corrected chi connectivity index (χ1v) is 7.33. The molecular formula is C16H21N3O3. The molecule has 1 aliphatic rings. The van der Waals surface area contributed by atoms with Gasteiger partial charge in [-0.05, 0) is 38.8 Å². The van der Waals surface area contributed by atoms with E-state index in [1.54, 1.807) is 43.4 Å². The first-order chi connectivity index (χ1) is 10.4. The van der Waals surface area contributed by atoms with Gasteiger partial charge in [0.15, 0.2) is 0 Å². The molecule has 1 saturated heterocycles. The predicted octanol–water partition coefficient (Wildman–Crippen LogP) is 1.12. The van der Waals surface area contributed by atoms with Crippen molar-refractivity contribution in [1.82, 2.24) is 14.8 Å². The number of likely N-dealkylation sites (tertiary alicyclic amines) is 1. The van der Waals surface area contributed by atoms with Crippen molar-refractivity contribution in [3.8, 4) is 0 Å². The van der Waals surface area contributed by atoms with Gasteiger partial charge in [0.05, 0.1) is 6.54 Å². The SMILES string of the molecule is CC(=O)CN(C)C(=O)C1(C)CCCN1C(=O)c1ccncc1. The fourth-order valence-electron chi connectivity index (χ4n) is 2.98. The molecule has 1 aliphatic heterocycles. The quantitative estimate of drug-likeness (QED) is 0.836. The molecule has 0 radical (unpaired) electrons. The van der Waals surface area contributed by atoms with Crippen LogP contribution in [0, 0.1) is 0 Å². The Morgan fingerprint density at radius 1 is 1.32 bits per heavy atom. The van der Waals surface area contributed by atoms with E-state index in [1.165, 1.54) is 11.8 Å². The maximum absolute atomic E-state index is 12.7. The van der Waals surface area contributed by atoms with E-state index in [1.807, 2.05) is 0 Å². The highest BCUT2D eigenvalue weighted by molar-refractivity contribution is 6.00. The third kappa shape index (κ3) is 3.00. The van der Waals surface area contributed by atoms with Crippen LogP contribution in [0.5, 0.6) is 0 Å². The van der Waals surface area contributed by atoms with Crippen molar-refractivity contribution in [2.75, 3.05) is 20.1 Å². The number of carbonyl (C=O) groups excluding carboxylic acids is 3. The zero-order valence-corrected chi connectivity index (χ0v) is 13.2. The number of nitrogens with zero attached hydrogens (tertiary/aromatic N) is 3. The molecule has 1 atom stereocenters. The average molecular weight is 303 g/mol. The summed E-state index contributed by atoms with van der Waals surface area (Å²) in [7, 11) is 1.60. The zero-order valence-electron chi connectivity index (χ0n) is 13.2. The molecule has 2 amide bonds. The Morgan fingerprint density at radius 2 is 1.95 bits per heavy atom. The molecule has 1 unspecified atom stereocenters. The van der Waals surface area contributed by atoms with Crippen LogP contribution in [0.2, 0.25) is 0 Å².